The molecular weight excluding hydrogens is 207 g/mol. The van der Waals surface area contributed by atoms with E-state index < -0.39 is 0 Å². The first-order chi connectivity index (χ1) is 4.34. The summed E-state index contributed by atoms with van der Waals surface area (Å²) in [5, 5.41) is 0. The maximum absolute atomic E-state index is 5.00. The predicted molar refractivity (Wildman–Crippen MR) is 36.2 cm³/mol. The first-order valence-electron chi connectivity index (χ1n) is 2.09. The van der Waals surface area contributed by atoms with Crippen molar-refractivity contribution in [1.82, 2.24) is 9.97 Å². The van der Waals surface area contributed by atoms with Gasteiger partial charge in [-0.15, -0.1) is 0 Å². The predicted octanol–water partition coefficient (Wildman–Crippen LogP) is 1.77. The lowest BCUT2D eigenvalue weighted by Crippen LogP contribution is -1.83. The average molecular weight is 209 g/mol. The third-order valence-corrected chi connectivity index (χ3v) is 1.39. The van der Waals surface area contributed by atoms with Gasteiger partial charge in [-0.1, -0.05) is 0 Å². The van der Waals surface area contributed by atoms with Gasteiger partial charge in [0, 0.05) is 12.4 Å². The third-order valence-electron chi connectivity index (χ3n) is 0.696. The topological polar surface area (TPSA) is 35.0 Å². The Bertz CT molecular complexity index is 208. The van der Waals surface area contributed by atoms with E-state index in [1.54, 1.807) is 0 Å². The fourth-order valence-electron chi connectivity index (χ4n) is 0.360. The minimum absolute atomic E-state index is 0.277. The van der Waals surface area contributed by atoms with Crippen LogP contribution in [-0.2, 0) is 0 Å². The van der Waals surface area contributed by atoms with Gasteiger partial charge in [0.2, 0.25) is 0 Å². The molecule has 1 aromatic heterocycles. The van der Waals surface area contributed by atoms with Crippen LogP contribution in [0, 0.1) is 0 Å². The largest absolute Gasteiger partial charge is 0.362 e. The van der Waals surface area contributed by atoms with E-state index in [4.69, 9.17) is 11.9 Å². The van der Waals surface area contributed by atoms with E-state index in [0.717, 1.165) is 0 Å². The zero-order chi connectivity index (χ0) is 6.69. The van der Waals surface area contributed by atoms with Crippen LogP contribution >= 0.6 is 27.8 Å². The van der Waals surface area contributed by atoms with Crippen LogP contribution in [0.15, 0.2) is 17.0 Å². The second-order valence-corrected chi connectivity index (χ2v) is 2.13. The fraction of sp³-hybridized carbons (Fsp3) is 0. The van der Waals surface area contributed by atoms with Crippen molar-refractivity contribution in [2.75, 3.05) is 0 Å². The van der Waals surface area contributed by atoms with E-state index in [2.05, 4.69) is 30.2 Å². The van der Waals surface area contributed by atoms with E-state index in [9.17, 15) is 0 Å². The van der Waals surface area contributed by atoms with Gasteiger partial charge in [0.25, 0.3) is 5.88 Å². The fourth-order valence-corrected chi connectivity index (χ4v) is 0.868. The van der Waals surface area contributed by atoms with Crippen LogP contribution in [0.5, 0.6) is 5.88 Å². The highest BCUT2D eigenvalue weighted by Gasteiger charge is 1.99. The SMILES string of the molecule is ClOc1nccnc1Br. The Morgan fingerprint density at radius 1 is 1.44 bits per heavy atom. The summed E-state index contributed by atoms with van der Waals surface area (Å²) in [5.41, 5.74) is 0. The summed E-state index contributed by atoms with van der Waals surface area (Å²) < 4.78 is 4.80. The van der Waals surface area contributed by atoms with Gasteiger partial charge in [-0.05, 0) is 15.9 Å². The van der Waals surface area contributed by atoms with Gasteiger partial charge >= 0.3 is 0 Å². The summed E-state index contributed by atoms with van der Waals surface area (Å²) >= 11 is 8.07. The lowest BCUT2D eigenvalue weighted by Gasteiger charge is -1.93. The first kappa shape index (κ1) is 6.77. The van der Waals surface area contributed by atoms with Gasteiger partial charge in [-0.2, -0.15) is 0 Å². The molecule has 0 aliphatic carbocycles. The molecule has 0 radical (unpaired) electrons. The minimum Gasteiger partial charge on any atom is -0.362 e. The summed E-state index contributed by atoms with van der Waals surface area (Å²) in [7, 11) is 0. The molecule has 0 saturated heterocycles. The molecule has 0 spiro atoms. The van der Waals surface area contributed by atoms with E-state index >= 15 is 0 Å². The van der Waals surface area contributed by atoms with Crippen LogP contribution in [0.2, 0.25) is 0 Å². The molecule has 0 saturated carbocycles. The van der Waals surface area contributed by atoms with Crippen molar-refractivity contribution in [3.05, 3.63) is 17.0 Å². The van der Waals surface area contributed by atoms with Gasteiger partial charge in [0.1, 0.15) is 11.9 Å². The molecule has 1 heterocycles. The van der Waals surface area contributed by atoms with Crippen LogP contribution in [0.3, 0.4) is 0 Å². The van der Waals surface area contributed by atoms with Crippen LogP contribution in [0.25, 0.3) is 0 Å². The van der Waals surface area contributed by atoms with Crippen LogP contribution in [0.4, 0.5) is 0 Å². The average Bonchev–Trinajstić information content (AvgIpc) is 1.89. The Kier molecular flexibility index (Phi) is 2.24. The Labute approximate surface area is 65.3 Å². The number of hydrogen-bond acceptors (Lipinski definition) is 3. The van der Waals surface area contributed by atoms with Crippen molar-refractivity contribution >= 4 is 27.8 Å². The Morgan fingerprint density at radius 2 is 2.11 bits per heavy atom. The first-order valence-corrected chi connectivity index (χ1v) is 3.20. The number of hydrogen-bond donors (Lipinski definition) is 0. The second-order valence-electron chi connectivity index (χ2n) is 1.23. The standard InChI is InChI=1S/C4H2BrClN2O/c5-3-4(9-6)8-2-1-7-3/h1-2H. The molecule has 3 nitrogen and oxygen atoms in total. The van der Waals surface area contributed by atoms with Crippen molar-refractivity contribution < 1.29 is 4.29 Å². The van der Waals surface area contributed by atoms with Gasteiger partial charge in [0.15, 0.2) is 4.60 Å². The highest BCUT2D eigenvalue weighted by Crippen LogP contribution is 2.18. The molecule has 48 valence electrons. The smallest absolute Gasteiger partial charge is 0.270 e. The van der Waals surface area contributed by atoms with Crippen molar-refractivity contribution in [2.24, 2.45) is 0 Å². The number of rotatable bonds is 1. The van der Waals surface area contributed by atoms with Crippen molar-refractivity contribution in [2.45, 2.75) is 0 Å². The summed E-state index contributed by atoms with van der Waals surface area (Å²) in [6.07, 6.45) is 3.02. The molecule has 0 amide bonds. The van der Waals surface area contributed by atoms with Crippen molar-refractivity contribution in [3.63, 3.8) is 0 Å². The Hall–Kier alpha value is -0.350. The zero-order valence-corrected chi connectivity index (χ0v) is 6.56. The molecule has 0 unspecified atom stereocenters. The molecule has 0 aliphatic heterocycles. The van der Waals surface area contributed by atoms with E-state index in [0.29, 0.717) is 4.60 Å². The monoisotopic (exact) mass is 208 g/mol. The second kappa shape index (κ2) is 2.98. The quantitative estimate of drug-likeness (QED) is 0.707. The van der Waals surface area contributed by atoms with Crippen LogP contribution in [-0.4, -0.2) is 9.97 Å². The molecule has 9 heavy (non-hydrogen) atoms. The number of aromatic nitrogens is 2. The molecule has 1 aromatic rings. The lowest BCUT2D eigenvalue weighted by atomic mass is 10.7. The van der Waals surface area contributed by atoms with E-state index in [1.165, 1.54) is 12.4 Å². The minimum atomic E-state index is 0.277. The summed E-state index contributed by atoms with van der Waals surface area (Å²) in [5.74, 6) is 0.277. The zero-order valence-electron chi connectivity index (χ0n) is 4.21. The van der Waals surface area contributed by atoms with E-state index in [1.807, 2.05) is 0 Å². The summed E-state index contributed by atoms with van der Waals surface area (Å²) in [4.78, 5) is 7.53. The Morgan fingerprint density at radius 3 is 2.56 bits per heavy atom. The molecule has 0 aliphatic rings. The van der Waals surface area contributed by atoms with E-state index in [-0.39, 0.29) is 5.88 Å². The van der Waals surface area contributed by atoms with Crippen molar-refractivity contribution in [3.8, 4) is 5.88 Å². The van der Waals surface area contributed by atoms with Gasteiger partial charge in [-0.3, -0.25) is 0 Å². The molecule has 5 heteroatoms. The van der Waals surface area contributed by atoms with Crippen LogP contribution < -0.4 is 4.29 Å². The molecule has 1 rings (SSSR count). The Balaban J connectivity index is 3.01. The molecule has 0 N–H and O–H groups in total. The summed E-state index contributed by atoms with van der Waals surface area (Å²) in [6.45, 7) is 0. The molecule has 0 fully saturated rings. The van der Waals surface area contributed by atoms with Gasteiger partial charge in [0.05, 0.1) is 0 Å². The molecule has 0 atom stereocenters. The molecule has 0 aromatic carbocycles. The van der Waals surface area contributed by atoms with Gasteiger partial charge in [-0.25, -0.2) is 9.97 Å². The molecule has 0 bridgehead atoms. The van der Waals surface area contributed by atoms with Crippen LogP contribution in [0.1, 0.15) is 0 Å². The normalized spacial score (nSPS) is 9.11. The number of nitrogens with zero attached hydrogens (tertiary/aromatic N) is 2. The van der Waals surface area contributed by atoms with Gasteiger partial charge < -0.3 is 4.29 Å². The number of halogens is 2. The summed E-state index contributed by atoms with van der Waals surface area (Å²) in [6, 6.07) is 0. The maximum Gasteiger partial charge on any atom is 0.270 e. The molecular formula is C4H2BrClN2O. The lowest BCUT2D eigenvalue weighted by molar-refractivity contribution is 0.580. The van der Waals surface area contributed by atoms with Crippen molar-refractivity contribution in [1.29, 1.82) is 0 Å². The highest BCUT2D eigenvalue weighted by atomic mass is 79.9. The maximum atomic E-state index is 5.00. The third kappa shape index (κ3) is 1.53. The highest BCUT2D eigenvalue weighted by molar-refractivity contribution is 9.10.